The second-order valence-electron chi connectivity index (χ2n) is 7.68. The van der Waals surface area contributed by atoms with Crippen LogP contribution in [0.2, 0.25) is 0 Å². The first-order valence-corrected chi connectivity index (χ1v) is 7.68. The highest BCUT2D eigenvalue weighted by molar-refractivity contribution is 5.01. The summed E-state index contributed by atoms with van der Waals surface area (Å²) in [5, 5.41) is 0. The molecule has 0 aromatic heterocycles. The minimum absolute atomic E-state index is 0.433. The van der Waals surface area contributed by atoms with E-state index in [2.05, 4.69) is 20.8 Å². The molecular formula is C16H28O. The molecule has 4 fully saturated rings. The van der Waals surface area contributed by atoms with Gasteiger partial charge < -0.3 is 4.74 Å². The first-order valence-electron chi connectivity index (χ1n) is 7.68. The average molecular weight is 236 g/mol. The summed E-state index contributed by atoms with van der Waals surface area (Å²) in [6.07, 6.45) is 9.48. The summed E-state index contributed by atoms with van der Waals surface area (Å²) < 4.78 is 6.19. The Bertz CT molecular complexity index is 246. The maximum atomic E-state index is 6.19. The molecule has 1 unspecified atom stereocenters. The van der Waals surface area contributed by atoms with Crippen molar-refractivity contribution in [2.75, 3.05) is 6.61 Å². The molecule has 0 N–H and O–H groups in total. The predicted octanol–water partition coefficient (Wildman–Crippen LogP) is 4.26. The molecule has 17 heavy (non-hydrogen) atoms. The molecule has 4 aliphatic carbocycles. The SMILES string of the molecule is CC(C)C(C)OCC12CC3CC(CC(C3)C1)C2. The van der Waals surface area contributed by atoms with Crippen molar-refractivity contribution in [2.24, 2.45) is 29.1 Å². The summed E-state index contributed by atoms with van der Waals surface area (Å²) in [6.45, 7) is 7.83. The zero-order chi connectivity index (χ0) is 12.0. The largest absolute Gasteiger partial charge is 0.378 e. The lowest BCUT2D eigenvalue weighted by molar-refractivity contribution is -0.115. The van der Waals surface area contributed by atoms with Crippen LogP contribution < -0.4 is 0 Å². The molecular weight excluding hydrogens is 208 g/mol. The van der Waals surface area contributed by atoms with Gasteiger partial charge in [0.05, 0.1) is 12.7 Å². The topological polar surface area (TPSA) is 9.23 Å². The monoisotopic (exact) mass is 236 g/mol. The Morgan fingerprint density at radius 2 is 1.41 bits per heavy atom. The molecule has 0 aliphatic heterocycles. The highest BCUT2D eigenvalue weighted by Crippen LogP contribution is 2.60. The maximum absolute atomic E-state index is 6.19. The molecule has 1 heteroatoms. The lowest BCUT2D eigenvalue weighted by atomic mass is 9.50. The van der Waals surface area contributed by atoms with Crippen LogP contribution in [0.3, 0.4) is 0 Å². The van der Waals surface area contributed by atoms with Crippen LogP contribution in [0.5, 0.6) is 0 Å². The molecule has 0 radical (unpaired) electrons. The van der Waals surface area contributed by atoms with Crippen LogP contribution in [-0.4, -0.2) is 12.7 Å². The summed E-state index contributed by atoms with van der Waals surface area (Å²) in [5.41, 5.74) is 0.595. The van der Waals surface area contributed by atoms with Gasteiger partial charge in [-0.2, -0.15) is 0 Å². The third-order valence-corrected chi connectivity index (χ3v) is 5.76. The molecule has 0 amide bonds. The highest BCUT2D eigenvalue weighted by Gasteiger charge is 2.50. The Labute approximate surface area is 106 Å². The fourth-order valence-electron chi connectivity index (χ4n) is 4.97. The van der Waals surface area contributed by atoms with Gasteiger partial charge in [0.1, 0.15) is 0 Å². The van der Waals surface area contributed by atoms with Crippen LogP contribution in [-0.2, 0) is 4.74 Å². The van der Waals surface area contributed by atoms with Crippen LogP contribution in [0, 0.1) is 29.1 Å². The molecule has 0 spiro atoms. The van der Waals surface area contributed by atoms with Crippen molar-refractivity contribution in [3.05, 3.63) is 0 Å². The van der Waals surface area contributed by atoms with E-state index in [1.807, 2.05) is 0 Å². The van der Waals surface area contributed by atoms with Gasteiger partial charge in [0.15, 0.2) is 0 Å². The predicted molar refractivity (Wildman–Crippen MR) is 70.9 cm³/mol. The summed E-state index contributed by atoms with van der Waals surface area (Å²) in [6, 6.07) is 0. The molecule has 0 aromatic carbocycles. The maximum Gasteiger partial charge on any atom is 0.0570 e. The number of hydrogen-bond donors (Lipinski definition) is 0. The second kappa shape index (κ2) is 4.26. The van der Waals surface area contributed by atoms with Gasteiger partial charge >= 0.3 is 0 Å². The fraction of sp³-hybridized carbons (Fsp3) is 1.00. The van der Waals surface area contributed by atoms with E-state index in [9.17, 15) is 0 Å². The van der Waals surface area contributed by atoms with Gasteiger partial charge in [-0.15, -0.1) is 0 Å². The first kappa shape index (κ1) is 12.0. The Balaban J connectivity index is 1.62. The first-order chi connectivity index (χ1) is 8.06. The van der Waals surface area contributed by atoms with Crippen molar-refractivity contribution >= 4 is 0 Å². The van der Waals surface area contributed by atoms with Gasteiger partial charge in [-0.1, -0.05) is 13.8 Å². The van der Waals surface area contributed by atoms with Crippen LogP contribution in [0.25, 0.3) is 0 Å². The van der Waals surface area contributed by atoms with Crippen molar-refractivity contribution in [2.45, 2.75) is 65.4 Å². The molecule has 1 nitrogen and oxygen atoms in total. The second-order valence-corrected chi connectivity index (χ2v) is 7.68. The molecule has 0 aromatic rings. The fourth-order valence-corrected chi connectivity index (χ4v) is 4.97. The number of ether oxygens (including phenoxy) is 1. The summed E-state index contributed by atoms with van der Waals surface area (Å²) in [7, 11) is 0. The van der Waals surface area contributed by atoms with E-state index in [0.717, 1.165) is 24.4 Å². The van der Waals surface area contributed by atoms with Gasteiger partial charge in [0.2, 0.25) is 0 Å². The van der Waals surface area contributed by atoms with Crippen LogP contribution >= 0.6 is 0 Å². The lowest BCUT2D eigenvalue weighted by Crippen LogP contribution is -2.48. The molecule has 4 rings (SSSR count). The minimum atomic E-state index is 0.433. The van der Waals surface area contributed by atoms with Crippen LogP contribution in [0.1, 0.15) is 59.3 Å². The summed E-state index contributed by atoms with van der Waals surface area (Å²) in [5.74, 6) is 3.82. The standard InChI is InChI=1S/C16H28O/c1-11(2)12(3)17-10-16-7-13-4-14(8-16)6-15(5-13)9-16/h11-15H,4-10H2,1-3H3. The van der Waals surface area contributed by atoms with Crippen molar-refractivity contribution in [3.8, 4) is 0 Å². The normalized spacial score (nSPS) is 45.5. The Kier molecular flexibility index (Phi) is 3.01. The Morgan fingerprint density at radius 3 is 1.82 bits per heavy atom. The van der Waals surface area contributed by atoms with E-state index in [-0.39, 0.29) is 0 Å². The minimum Gasteiger partial charge on any atom is -0.378 e. The van der Waals surface area contributed by atoms with Crippen molar-refractivity contribution in [3.63, 3.8) is 0 Å². The van der Waals surface area contributed by atoms with Gasteiger partial charge in [0.25, 0.3) is 0 Å². The molecule has 0 heterocycles. The summed E-state index contributed by atoms with van der Waals surface area (Å²) >= 11 is 0. The molecule has 98 valence electrons. The number of rotatable bonds is 4. The zero-order valence-electron chi connectivity index (χ0n) is 11.7. The third-order valence-electron chi connectivity index (χ3n) is 5.76. The molecule has 0 saturated heterocycles. The Morgan fingerprint density at radius 1 is 0.941 bits per heavy atom. The quantitative estimate of drug-likeness (QED) is 0.708. The van der Waals surface area contributed by atoms with E-state index in [1.165, 1.54) is 38.5 Å². The van der Waals surface area contributed by atoms with Crippen molar-refractivity contribution in [1.29, 1.82) is 0 Å². The third kappa shape index (κ3) is 2.28. The van der Waals surface area contributed by atoms with E-state index in [4.69, 9.17) is 4.74 Å². The molecule has 4 saturated carbocycles. The van der Waals surface area contributed by atoms with Gasteiger partial charge in [-0.3, -0.25) is 0 Å². The Hall–Kier alpha value is -0.0400. The average Bonchev–Trinajstić information content (AvgIpc) is 2.24. The van der Waals surface area contributed by atoms with Crippen molar-refractivity contribution in [1.82, 2.24) is 0 Å². The zero-order valence-corrected chi connectivity index (χ0v) is 11.7. The summed E-state index contributed by atoms with van der Waals surface area (Å²) in [4.78, 5) is 0. The molecule has 1 atom stereocenters. The molecule has 4 aliphatic rings. The van der Waals surface area contributed by atoms with Crippen LogP contribution in [0.15, 0.2) is 0 Å². The smallest absolute Gasteiger partial charge is 0.0570 e. The lowest BCUT2D eigenvalue weighted by Gasteiger charge is -2.56. The van der Waals surface area contributed by atoms with Gasteiger partial charge in [0, 0.05) is 0 Å². The van der Waals surface area contributed by atoms with Gasteiger partial charge in [-0.05, 0) is 74.5 Å². The van der Waals surface area contributed by atoms with E-state index < -0.39 is 0 Å². The molecule has 4 bridgehead atoms. The van der Waals surface area contributed by atoms with Crippen molar-refractivity contribution < 1.29 is 4.74 Å². The van der Waals surface area contributed by atoms with Gasteiger partial charge in [-0.25, -0.2) is 0 Å². The van der Waals surface area contributed by atoms with E-state index in [1.54, 1.807) is 0 Å². The highest BCUT2D eigenvalue weighted by atomic mass is 16.5. The van der Waals surface area contributed by atoms with Crippen LogP contribution in [0.4, 0.5) is 0 Å². The van der Waals surface area contributed by atoms with E-state index in [0.29, 0.717) is 17.4 Å². The van der Waals surface area contributed by atoms with E-state index >= 15 is 0 Å². The number of hydrogen-bond acceptors (Lipinski definition) is 1.